The van der Waals surface area contributed by atoms with Crippen LogP contribution in [0.5, 0.6) is 0 Å². The third-order valence-electron chi connectivity index (χ3n) is 4.52. The van der Waals surface area contributed by atoms with Crippen molar-refractivity contribution in [3.63, 3.8) is 0 Å². The molecule has 0 aromatic heterocycles. The van der Waals surface area contributed by atoms with E-state index >= 15 is 0 Å². The molecule has 1 heterocycles. The van der Waals surface area contributed by atoms with E-state index in [0.717, 1.165) is 45.3 Å². The molecule has 0 aromatic carbocycles. The molecule has 2 atom stereocenters. The summed E-state index contributed by atoms with van der Waals surface area (Å²) >= 11 is 0. The van der Waals surface area contributed by atoms with Crippen molar-refractivity contribution in [1.82, 2.24) is 5.32 Å². The van der Waals surface area contributed by atoms with Crippen molar-refractivity contribution in [3.8, 4) is 0 Å². The molecule has 2 fully saturated rings. The smallest absolute Gasteiger partial charge is 0.246 e. The molecule has 2 aliphatic rings. The molecule has 2 rings (SSSR count). The number of ether oxygens (including phenoxy) is 2. The second-order valence-corrected chi connectivity index (χ2v) is 6.33. The standard InChI is InChI=1S/C15H28N2O3/c1-12-3-2-6-15(9-12,11-16)20-10-14(18)17-13-4-7-19-8-5-13/h12-13H,2-11,16H2,1H3,(H,17,18). The normalized spacial score (nSPS) is 32.0. The van der Waals surface area contributed by atoms with Gasteiger partial charge in [-0.1, -0.05) is 19.8 Å². The van der Waals surface area contributed by atoms with Crippen LogP contribution in [0.4, 0.5) is 0 Å². The van der Waals surface area contributed by atoms with Crippen LogP contribution >= 0.6 is 0 Å². The summed E-state index contributed by atoms with van der Waals surface area (Å²) < 4.78 is 11.2. The number of hydrogen-bond donors (Lipinski definition) is 2. The Kier molecular flexibility index (Phi) is 5.81. The second-order valence-electron chi connectivity index (χ2n) is 6.33. The molecule has 5 nitrogen and oxygen atoms in total. The van der Waals surface area contributed by atoms with Gasteiger partial charge in [0, 0.05) is 25.8 Å². The van der Waals surface area contributed by atoms with Crippen LogP contribution in [0.1, 0.15) is 45.4 Å². The topological polar surface area (TPSA) is 73.6 Å². The van der Waals surface area contributed by atoms with Crippen LogP contribution in [-0.2, 0) is 14.3 Å². The van der Waals surface area contributed by atoms with Crippen LogP contribution in [0.3, 0.4) is 0 Å². The van der Waals surface area contributed by atoms with Crippen molar-refractivity contribution in [3.05, 3.63) is 0 Å². The predicted octanol–water partition coefficient (Wildman–Crippen LogP) is 1.21. The van der Waals surface area contributed by atoms with Gasteiger partial charge in [0.1, 0.15) is 6.61 Å². The van der Waals surface area contributed by atoms with Gasteiger partial charge in [0.05, 0.1) is 5.60 Å². The Balaban J connectivity index is 1.75. The Hall–Kier alpha value is -0.650. The summed E-state index contributed by atoms with van der Waals surface area (Å²) in [5.41, 5.74) is 5.61. The highest BCUT2D eigenvalue weighted by Crippen LogP contribution is 2.34. The van der Waals surface area contributed by atoms with E-state index < -0.39 is 0 Å². The summed E-state index contributed by atoms with van der Waals surface area (Å²) in [7, 11) is 0. The molecule has 0 spiro atoms. The van der Waals surface area contributed by atoms with Crippen LogP contribution in [0.15, 0.2) is 0 Å². The number of hydrogen-bond acceptors (Lipinski definition) is 4. The fourth-order valence-corrected chi connectivity index (χ4v) is 3.32. The minimum Gasteiger partial charge on any atom is -0.381 e. The quantitative estimate of drug-likeness (QED) is 0.796. The van der Waals surface area contributed by atoms with Gasteiger partial charge in [-0.3, -0.25) is 4.79 Å². The zero-order chi connectivity index (χ0) is 14.4. The zero-order valence-corrected chi connectivity index (χ0v) is 12.5. The molecule has 1 aliphatic heterocycles. The molecular weight excluding hydrogens is 256 g/mol. The summed E-state index contributed by atoms with van der Waals surface area (Å²) in [6.07, 6.45) is 6.10. The predicted molar refractivity (Wildman–Crippen MR) is 77.4 cm³/mol. The van der Waals surface area contributed by atoms with Gasteiger partial charge >= 0.3 is 0 Å². The van der Waals surface area contributed by atoms with Crippen molar-refractivity contribution in [2.75, 3.05) is 26.4 Å². The Labute approximate surface area is 121 Å². The number of carbonyl (C=O) groups is 1. The number of rotatable bonds is 5. The number of nitrogens with two attached hydrogens (primary N) is 1. The lowest BCUT2D eigenvalue weighted by molar-refractivity contribution is -0.137. The maximum Gasteiger partial charge on any atom is 0.246 e. The molecule has 1 aliphatic carbocycles. The van der Waals surface area contributed by atoms with Gasteiger partial charge in [-0.2, -0.15) is 0 Å². The maximum absolute atomic E-state index is 12.0. The van der Waals surface area contributed by atoms with Crippen molar-refractivity contribution in [1.29, 1.82) is 0 Å². The van der Waals surface area contributed by atoms with E-state index in [1.54, 1.807) is 0 Å². The minimum atomic E-state index is -0.287. The third-order valence-corrected chi connectivity index (χ3v) is 4.52. The number of nitrogens with one attached hydrogen (secondary N) is 1. The largest absolute Gasteiger partial charge is 0.381 e. The maximum atomic E-state index is 12.0. The van der Waals surface area contributed by atoms with Gasteiger partial charge in [-0.05, 0) is 31.6 Å². The van der Waals surface area contributed by atoms with Gasteiger partial charge in [0.2, 0.25) is 5.91 Å². The summed E-state index contributed by atoms with van der Waals surface area (Å²) in [6.45, 7) is 4.32. The molecule has 1 amide bonds. The third kappa shape index (κ3) is 4.43. The Morgan fingerprint density at radius 3 is 2.80 bits per heavy atom. The summed E-state index contributed by atoms with van der Waals surface area (Å²) in [5.74, 6) is 0.605. The van der Waals surface area contributed by atoms with Crippen molar-refractivity contribution in [2.45, 2.75) is 57.1 Å². The monoisotopic (exact) mass is 284 g/mol. The Bertz CT molecular complexity index is 318. The van der Waals surface area contributed by atoms with Gasteiger partial charge < -0.3 is 20.5 Å². The van der Waals surface area contributed by atoms with E-state index in [4.69, 9.17) is 15.2 Å². The van der Waals surface area contributed by atoms with Gasteiger partial charge in [0.15, 0.2) is 0 Å². The van der Waals surface area contributed by atoms with Crippen LogP contribution < -0.4 is 11.1 Å². The van der Waals surface area contributed by atoms with E-state index in [1.165, 1.54) is 6.42 Å². The van der Waals surface area contributed by atoms with Crippen LogP contribution in [0, 0.1) is 5.92 Å². The average Bonchev–Trinajstić information content (AvgIpc) is 2.46. The molecule has 0 bridgehead atoms. The number of amides is 1. The van der Waals surface area contributed by atoms with E-state index in [-0.39, 0.29) is 24.2 Å². The van der Waals surface area contributed by atoms with E-state index in [0.29, 0.717) is 12.5 Å². The minimum absolute atomic E-state index is 0.0250. The first-order valence-corrected chi connectivity index (χ1v) is 7.85. The first kappa shape index (κ1) is 15.7. The second kappa shape index (κ2) is 7.38. The average molecular weight is 284 g/mol. The lowest BCUT2D eigenvalue weighted by Gasteiger charge is -2.39. The Morgan fingerprint density at radius 2 is 2.15 bits per heavy atom. The zero-order valence-electron chi connectivity index (χ0n) is 12.5. The van der Waals surface area contributed by atoms with Crippen molar-refractivity contribution < 1.29 is 14.3 Å². The molecule has 1 saturated carbocycles. The Morgan fingerprint density at radius 1 is 1.40 bits per heavy atom. The van der Waals surface area contributed by atoms with Crippen LogP contribution in [-0.4, -0.2) is 43.9 Å². The van der Waals surface area contributed by atoms with Gasteiger partial charge in [-0.15, -0.1) is 0 Å². The molecule has 5 heteroatoms. The molecule has 0 radical (unpaired) electrons. The fraction of sp³-hybridized carbons (Fsp3) is 0.933. The van der Waals surface area contributed by atoms with Crippen molar-refractivity contribution >= 4 is 5.91 Å². The van der Waals surface area contributed by atoms with E-state index in [1.807, 2.05) is 0 Å². The van der Waals surface area contributed by atoms with Gasteiger partial charge in [0.25, 0.3) is 0 Å². The summed E-state index contributed by atoms with van der Waals surface area (Å²) in [4.78, 5) is 12.0. The summed E-state index contributed by atoms with van der Waals surface area (Å²) in [5, 5.41) is 3.03. The highest BCUT2D eigenvalue weighted by Gasteiger charge is 2.35. The molecule has 0 aromatic rings. The molecule has 2 unspecified atom stereocenters. The molecular formula is C15H28N2O3. The lowest BCUT2D eigenvalue weighted by Crippen LogP contribution is -2.48. The van der Waals surface area contributed by atoms with E-state index in [2.05, 4.69) is 12.2 Å². The molecule has 3 N–H and O–H groups in total. The fourth-order valence-electron chi connectivity index (χ4n) is 3.32. The first-order chi connectivity index (χ1) is 9.63. The van der Waals surface area contributed by atoms with Gasteiger partial charge in [-0.25, -0.2) is 0 Å². The highest BCUT2D eigenvalue weighted by molar-refractivity contribution is 5.77. The molecule has 20 heavy (non-hydrogen) atoms. The SMILES string of the molecule is CC1CCCC(CN)(OCC(=O)NC2CCOCC2)C1. The van der Waals surface area contributed by atoms with Crippen LogP contribution in [0.2, 0.25) is 0 Å². The van der Waals surface area contributed by atoms with Crippen molar-refractivity contribution in [2.24, 2.45) is 11.7 Å². The number of carbonyl (C=O) groups excluding carboxylic acids is 1. The van der Waals surface area contributed by atoms with Crippen LogP contribution in [0.25, 0.3) is 0 Å². The lowest BCUT2D eigenvalue weighted by atomic mass is 9.79. The highest BCUT2D eigenvalue weighted by atomic mass is 16.5. The molecule has 116 valence electrons. The molecule has 1 saturated heterocycles. The summed E-state index contributed by atoms with van der Waals surface area (Å²) in [6, 6.07) is 0.235. The van der Waals surface area contributed by atoms with E-state index in [9.17, 15) is 4.79 Å². The first-order valence-electron chi connectivity index (χ1n) is 7.85.